The van der Waals surface area contributed by atoms with Crippen molar-refractivity contribution in [2.24, 2.45) is 0 Å². The molecule has 2 saturated heterocycles. The predicted octanol–water partition coefficient (Wildman–Crippen LogP) is 3.17. The van der Waals surface area contributed by atoms with Gasteiger partial charge in [-0.3, -0.25) is 4.79 Å². The summed E-state index contributed by atoms with van der Waals surface area (Å²) in [7, 11) is 0. The lowest BCUT2D eigenvalue weighted by molar-refractivity contribution is -0.192. The molecule has 2 aliphatic rings. The lowest BCUT2D eigenvalue weighted by Crippen LogP contribution is -2.36. The smallest absolute Gasteiger partial charge is 0.475 e. The van der Waals surface area contributed by atoms with Gasteiger partial charge in [-0.15, -0.1) is 0 Å². The molecular weight excluding hydrogens is 417 g/mol. The fourth-order valence-electron chi connectivity index (χ4n) is 3.53. The van der Waals surface area contributed by atoms with E-state index in [-0.39, 0.29) is 17.6 Å². The van der Waals surface area contributed by atoms with Crippen LogP contribution in [0.1, 0.15) is 23.2 Å². The summed E-state index contributed by atoms with van der Waals surface area (Å²) in [4.78, 5) is 27.6. The van der Waals surface area contributed by atoms with Crippen molar-refractivity contribution in [2.45, 2.75) is 30.7 Å². The Morgan fingerprint density at radius 1 is 1.16 bits per heavy atom. The first kappa shape index (κ1) is 22.5. The molecule has 31 heavy (non-hydrogen) atoms. The molecular formula is C21H21F3N2O5. The van der Waals surface area contributed by atoms with Crippen LogP contribution < -0.4 is 4.74 Å². The van der Waals surface area contributed by atoms with E-state index in [9.17, 15) is 18.0 Å². The highest BCUT2D eigenvalue weighted by molar-refractivity contribution is 5.94. The third kappa shape index (κ3) is 5.94. The average molecular weight is 438 g/mol. The molecule has 0 aliphatic carbocycles. The number of hydrogen-bond donors (Lipinski definition) is 1. The molecule has 1 aromatic carbocycles. The molecule has 0 saturated carbocycles. The third-order valence-corrected chi connectivity index (χ3v) is 4.97. The first-order valence-corrected chi connectivity index (χ1v) is 9.55. The van der Waals surface area contributed by atoms with Gasteiger partial charge in [0, 0.05) is 30.8 Å². The Balaban J connectivity index is 0.000000339. The van der Waals surface area contributed by atoms with E-state index in [1.165, 1.54) is 0 Å². The standard InChI is InChI=1S/C19H20N2O3.C2HF3O2/c22-18(15-6-2-1-3-7-15)21-11-9-19(14-21)12-16(13-23-19)24-17-8-4-5-10-20-17;3-2(4,5)1(6)7/h1-8,10,16H,9,11-14H2;(H,6,7)/t16-,19-;/m0./s1. The molecule has 166 valence electrons. The molecule has 2 fully saturated rings. The maximum atomic E-state index is 12.6. The zero-order valence-electron chi connectivity index (χ0n) is 16.4. The maximum Gasteiger partial charge on any atom is 0.490 e. The number of carbonyl (C=O) groups excluding carboxylic acids is 1. The summed E-state index contributed by atoms with van der Waals surface area (Å²) in [6.07, 6.45) is -1.72. The number of carboxylic acid groups (broad SMARTS) is 1. The van der Waals surface area contributed by atoms with Gasteiger partial charge >= 0.3 is 12.1 Å². The highest BCUT2D eigenvalue weighted by Crippen LogP contribution is 2.36. The third-order valence-electron chi connectivity index (χ3n) is 4.97. The van der Waals surface area contributed by atoms with Gasteiger partial charge in [0.2, 0.25) is 5.88 Å². The molecule has 2 aliphatic heterocycles. The highest BCUT2D eigenvalue weighted by atomic mass is 19.4. The number of aliphatic carboxylic acids is 1. The summed E-state index contributed by atoms with van der Waals surface area (Å²) in [5.41, 5.74) is 0.456. The number of ether oxygens (including phenoxy) is 2. The van der Waals surface area contributed by atoms with E-state index in [0.717, 1.165) is 24.9 Å². The number of likely N-dealkylation sites (tertiary alicyclic amines) is 1. The zero-order valence-corrected chi connectivity index (χ0v) is 16.4. The van der Waals surface area contributed by atoms with Crippen molar-refractivity contribution < 1.29 is 37.3 Å². The van der Waals surface area contributed by atoms with E-state index < -0.39 is 12.1 Å². The van der Waals surface area contributed by atoms with E-state index in [1.54, 1.807) is 6.20 Å². The van der Waals surface area contributed by atoms with Gasteiger partial charge in [-0.05, 0) is 24.6 Å². The van der Waals surface area contributed by atoms with E-state index >= 15 is 0 Å². The number of benzene rings is 1. The number of carboxylic acids is 1. The predicted molar refractivity (Wildman–Crippen MR) is 103 cm³/mol. The Labute approximate surface area is 176 Å². The molecule has 2 aromatic rings. The van der Waals surface area contributed by atoms with Crippen LogP contribution in [0.25, 0.3) is 0 Å². The quantitative estimate of drug-likeness (QED) is 0.792. The fraction of sp³-hybridized carbons (Fsp3) is 0.381. The SMILES string of the molecule is O=C(O)C(F)(F)F.O=C(c1ccccc1)N1CC[C@]2(C[C@H](Oc3ccccn3)CO2)C1. The molecule has 1 amide bonds. The topological polar surface area (TPSA) is 89.0 Å². The molecule has 3 heterocycles. The van der Waals surface area contributed by atoms with Crippen LogP contribution in [0.5, 0.6) is 5.88 Å². The van der Waals surface area contributed by atoms with E-state index in [2.05, 4.69) is 4.98 Å². The van der Waals surface area contributed by atoms with Crippen molar-refractivity contribution in [3.8, 4) is 5.88 Å². The fourth-order valence-corrected chi connectivity index (χ4v) is 3.53. The molecule has 10 heteroatoms. The van der Waals surface area contributed by atoms with Crippen LogP contribution in [0.2, 0.25) is 0 Å². The first-order chi connectivity index (χ1) is 14.7. The second-order valence-corrected chi connectivity index (χ2v) is 7.25. The lowest BCUT2D eigenvalue weighted by Gasteiger charge is -2.23. The first-order valence-electron chi connectivity index (χ1n) is 9.55. The van der Waals surface area contributed by atoms with Gasteiger partial charge in [0.15, 0.2) is 0 Å². The minimum Gasteiger partial charge on any atom is -0.475 e. The molecule has 0 unspecified atom stereocenters. The number of halogens is 3. The van der Waals surface area contributed by atoms with Crippen LogP contribution in [0.15, 0.2) is 54.7 Å². The molecule has 4 rings (SSSR count). The highest BCUT2D eigenvalue weighted by Gasteiger charge is 2.47. The number of amides is 1. The molecule has 0 radical (unpaired) electrons. The minimum atomic E-state index is -5.08. The summed E-state index contributed by atoms with van der Waals surface area (Å²) < 4.78 is 43.7. The number of pyridine rings is 1. The molecule has 7 nitrogen and oxygen atoms in total. The van der Waals surface area contributed by atoms with E-state index in [4.69, 9.17) is 19.4 Å². The largest absolute Gasteiger partial charge is 0.490 e. The number of nitrogens with zero attached hydrogens (tertiary/aromatic N) is 2. The Morgan fingerprint density at radius 2 is 1.84 bits per heavy atom. The molecule has 1 N–H and O–H groups in total. The molecule has 1 aromatic heterocycles. The normalized spacial score (nSPS) is 22.7. The Bertz CT molecular complexity index is 895. The van der Waals surface area contributed by atoms with Crippen LogP contribution >= 0.6 is 0 Å². The van der Waals surface area contributed by atoms with Crippen molar-refractivity contribution in [1.29, 1.82) is 0 Å². The summed E-state index contributed by atoms with van der Waals surface area (Å²) in [6, 6.07) is 15.0. The van der Waals surface area contributed by atoms with Gasteiger partial charge in [0.05, 0.1) is 18.8 Å². The van der Waals surface area contributed by atoms with Crippen LogP contribution in [-0.4, -0.2) is 64.4 Å². The van der Waals surface area contributed by atoms with Crippen molar-refractivity contribution >= 4 is 11.9 Å². The van der Waals surface area contributed by atoms with Gasteiger partial charge in [0.1, 0.15) is 6.10 Å². The molecule has 2 atom stereocenters. The number of rotatable bonds is 3. The second kappa shape index (κ2) is 9.34. The Kier molecular flexibility index (Phi) is 6.79. The van der Waals surface area contributed by atoms with Crippen molar-refractivity contribution in [3.05, 3.63) is 60.3 Å². The van der Waals surface area contributed by atoms with Gasteiger partial charge in [-0.1, -0.05) is 24.3 Å². The second-order valence-electron chi connectivity index (χ2n) is 7.25. The molecule has 0 bridgehead atoms. The average Bonchev–Trinajstić information content (AvgIpc) is 3.35. The summed E-state index contributed by atoms with van der Waals surface area (Å²) in [5.74, 6) is -2.06. The van der Waals surface area contributed by atoms with Gasteiger partial charge in [-0.2, -0.15) is 13.2 Å². The Morgan fingerprint density at radius 3 is 2.45 bits per heavy atom. The summed E-state index contributed by atoms with van der Waals surface area (Å²) in [5, 5.41) is 7.12. The van der Waals surface area contributed by atoms with Crippen molar-refractivity contribution in [2.75, 3.05) is 19.7 Å². The van der Waals surface area contributed by atoms with Crippen LogP contribution in [0.4, 0.5) is 13.2 Å². The Hall–Kier alpha value is -3.14. The van der Waals surface area contributed by atoms with Gasteiger partial charge < -0.3 is 19.5 Å². The molecule has 1 spiro atoms. The summed E-state index contributed by atoms with van der Waals surface area (Å²) >= 11 is 0. The zero-order chi connectivity index (χ0) is 22.5. The monoisotopic (exact) mass is 438 g/mol. The van der Waals surface area contributed by atoms with Crippen molar-refractivity contribution in [3.63, 3.8) is 0 Å². The number of hydrogen-bond acceptors (Lipinski definition) is 5. The van der Waals surface area contributed by atoms with Crippen molar-refractivity contribution in [1.82, 2.24) is 9.88 Å². The maximum absolute atomic E-state index is 12.6. The lowest BCUT2D eigenvalue weighted by atomic mass is 9.98. The van der Waals surface area contributed by atoms with E-state index in [1.807, 2.05) is 53.4 Å². The van der Waals surface area contributed by atoms with Crippen LogP contribution in [-0.2, 0) is 9.53 Å². The minimum absolute atomic E-state index is 0.00771. The number of aromatic nitrogens is 1. The summed E-state index contributed by atoms with van der Waals surface area (Å²) in [6.45, 7) is 1.90. The van der Waals surface area contributed by atoms with E-state index in [0.29, 0.717) is 19.0 Å². The van der Waals surface area contributed by atoms with Gasteiger partial charge in [-0.25, -0.2) is 9.78 Å². The van der Waals surface area contributed by atoms with Crippen LogP contribution in [0, 0.1) is 0 Å². The number of alkyl halides is 3. The van der Waals surface area contributed by atoms with Gasteiger partial charge in [0.25, 0.3) is 5.91 Å². The number of carbonyl (C=O) groups is 2. The van der Waals surface area contributed by atoms with Crippen LogP contribution in [0.3, 0.4) is 0 Å².